The van der Waals surface area contributed by atoms with Gasteiger partial charge in [-0.1, -0.05) is 12.1 Å². The molecule has 0 radical (unpaired) electrons. The average molecular weight is 367 g/mol. The van der Waals surface area contributed by atoms with Gasteiger partial charge < -0.3 is 15.0 Å². The van der Waals surface area contributed by atoms with E-state index in [0.717, 1.165) is 18.7 Å². The van der Waals surface area contributed by atoms with E-state index < -0.39 is 0 Å². The first kappa shape index (κ1) is 18.2. The molecule has 2 amide bonds. The first-order valence-electron chi connectivity index (χ1n) is 8.33. The quantitative estimate of drug-likeness (QED) is 0.808. The zero-order chi connectivity index (χ0) is 17.6. The highest BCUT2D eigenvalue weighted by molar-refractivity contribution is 8.00. The fraction of sp³-hybridized carbons (Fsp3) is 0.529. The Balaban J connectivity index is 1.62. The number of carbonyl (C=O) groups is 2. The van der Waals surface area contributed by atoms with E-state index in [9.17, 15) is 14.0 Å². The van der Waals surface area contributed by atoms with Gasteiger partial charge in [0.2, 0.25) is 11.8 Å². The molecule has 0 aliphatic carbocycles. The summed E-state index contributed by atoms with van der Waals surface area (Å²) >= 11 is 1.51. The van der Waals surface area contributed by atoms with E-state index in [1.807, 2.05) is 6.07 Å². The van der Waals surface area contributed by atoms with Crippen LogP contribution in [0.5, 0.6) is 0 Å². The van der Waals surface area contributed by atoms with E-state index in [-0.39, 0.29) is 30.2 Å². The van der Waals surface area contributed by atoms with Crippen LogP contribution in [-0.4, -0.2) is 72.6 Å². The van der Waals surface area contributed by atoms with E-state index in [4.69, 9.17) is 4.74 Å². The second kappa shape index (κ2) is 8.64. The number of benzene rings is 1. The molecule has 0 bridgehead atoms. The Hall–Kier alpha value is -1.64. The Morgan fingerprint density at radius 3 is 2.84 bits per heavy atom. The number of hydrogen-bond acceptors (Lipinski definition) is 5. The molecular weight excluding hydrogens is 345 g/mol. The van der Waals surface area contributed by atoms with Gasteiger partial charge in [-0.3, -0.25) is 14.5 Å². The van der Waals surface area contributed by atoms with Crippen LogP contribution >= 0.6 is 11.8 Å². The monoisotopic (exact) mass is 367 g/mol. The molecular formula is C17H22FN3O3S. The third-order valence-corrected chi connectivity index (χ3v) is 5.32. The maximum atomic E-state index is 13.6. The molecule has 6 nitrogen and oxygen atoms in total. The standard InChI is InChI=1S/C17H22FN3O3S/c18-14-3-1-2-13(8-14)15(20-4-6-24-7-5-20)9-19-16(22)10-21-12-25-11-17(21)23/h1-3,8,15H,4-7,9-12H2,(H,19,22)/t15-/m0/s1. The summed E-state index contributed by atoms with van der Waals surface area (Å²) in [7, 11) is 0. The summed E-state index contributed by atoms with van der Waals surface area (Å²) in [5, 5.41) is 2.90. The van der Waals surface area contributed by atoms with Crippen LogP contribution in [0, 0.1) is 5.82 Å². The lowest BCUT2D eigenvalue weighted by atomic mass is 10.0. The molecule has 0 aromatic heterocycles. The van der Waals surface area contributed by atoms with Crippen molar-refractivity contribution < 1.29 is 18.7 Å². The predicted octanol–water partition coefficient (Wildman–Crippen LogP) is 0.848. The molecule has 25 heavy (non-hydrogen) atoms. The van der Waals surface area contributed by atoms with Crippen LogP contribution in [0.3, 0.4) is 0 Å². The van der Waals surface area contributed by atoms with Crippen molar-refractivity contribution in [2.24, 2.45) is 0 Å². The zero-order valence-corrected chi connectivity index (χ0v) is 14.8. The van der Waals surface area contributed by atoms with Gasteiger partial charge in [-0.15, -0.1) is 11.8 Å². The van der Waals surface area contributed by atoms with Gasteiger partial charge in [0.1, 0.15) is 12.4 Å². The highest BCUT2D eigenvalue weighted by Crippen LogP contribution is 2.22. The summed E-state index contributed by atoms with van der Waals surface area (Å²) in [6, 6.07) is 6.35. The number of carbonyl (C=O) groups excluding carboxylic acids is 2. The van der Waals surface area contributed by atoms with Gasteiger partial charge in [0.25, 0.3) is 0 Å². The van der Waals surface area contributed by atoms with Gasteiger partial charge in [0.15, 0.2) is 0 Å². The number of hydrogen-bond donors (Lipinski definition) is 1. The van der Waals surface area contributed by atoms with Crippen LogP contribution in [0.2, 0.25) is 0 Å². The molecule has 136 valence electrons. The second-order valence-corrected chi connectivity index (χ2v) is 7.05. The van der Waals surface area contributed by atoms with Crippen LogP contribution < -0.4 is 5.32 Å². The fourth-order valence-electron chi connectivity index (χ4n) is 3.04. The van der Waals surface area contributed by atoms with Crippen LogP contribution in [0.25, 0.3) is 0 Å². The van der Waals surface area contributed by atoms with Crippen LogP contribution in [0.4, 0.5) is 4.39 Å². The van der Waals surface area contributed by atoms with Crippen molar-refractivity contribution in [3.8, 4) is 0 Å². The van der Waals surface area contributed by atoms with Crippen LogP contribution in [0.1, 0.15) is 11.6 Å². The number of amides is 2. The minimum atomic E-state index is -0.290. The summed E-state index contributed by atoms with van der Waals surface area (Å²) in [6.45, 7) is 3.16. The van der Waals surface area contributed by atoms with Crippen LogP contribution in [0.15, 0.2) is 24.3 Å². The summed E-state index contributed by atoms with van der Waals surface area (Å²) in [5.74, 6) is 0.512. The SMILES string of the molecule is O=C(CN1CSCC1=O)NC[C@@H](c1cccc(F)c1)N1CCOCC1. The van der Waals surface area contributed by atoms with Gasteiger partial charge in [-0.05, 0) is 17.7 Å². The first-order chi connectivity index (χ1) is 12.1. The average Bonchev–Trinajstić information content (AvgIpc) is 3.01. The lowest BCUT2D eigenvalue weighted by Gasteiger charge is -2.35. The lowest BCUT2D eigenvalue weighted by molar-refractivity contribution is -0.132. The van der Waals surface area contributed by atoms with Gasteiger partial charge >= 0.3 is 0 Å². The van der Waals surface area contributed by atoms with Crippen molar-refractivity contribution >= 4 is 23.6 Å². The number of halogens is 1. The summed E-state index contributed by atoms with van der Waals surface area (Å²) in [5.41, 5.74) is 0.829. The number of rotatable bonds is 6. The first-order valence-corrected chi connectivity index (χ1v) is 9.48. The molecule has 2 aliphatic rings. The van der Waals surface area contributed by atoms with Crippen LogP contribution in [-0.2, 0) is 14.3 Å². The molecule has 0 saturated carbocycles. The Labute approximate surface area is 150 Å². The molecule has 1 N–H and O–H groups in total. The van der Waals surface area contributed by atoms with Gasteiger partial charge in [0.05, 0.1) is 30.9 Å². The Bertz CT molecular complexity index is 625. The van der Waals surface area contributed by atoms with E-state index in [1.54, 1.807) is 11.0 Å². The Morgan fingerprint density at radius 2 is 2.16 bits per heavy atom. The van der Waals surface area contributed by atoms with Gasteiger partial charge in [-0.25, -0.2) is 4.39 Å². The van der Waals surface area contributed by atoms with E-state index in [2.05, 4.69) is 10.2 Å². The van der Waals surface area contributed by atoms with Gasteiger partial charge in [0, 0.05) is 19.6 Å². The highest BCUT2D eigenvalue weighted by Gasteiger charge is 2.26. The highest BCUT2D eigenvalue weighted by atomic mass is 32.2. The normalized spacial score (nSPS) is 19.9. The summed E-state index contributed by atoms with van der Waals surface area (Å²) in [6.07, 6.45) is 0. The molecule has 2 saturated heterocycles. The van der Waals surface area contributed by atoms with Gasteiger partial charge in [-0.2, -0.15) is 0 Å². The zero-order valence-electron chi connectivity index (χ0n) is 13.9. The number of nitrogens with zero attached hydrogens (tertiary/aromatic N) is 2. The molecule has 3 rings (SSSR count). The minimum Gasteiger partial charge on any atom is -0.379 e. The number of ether oxygens (including phenoxy) is 1. The number of thioether (sulfide) groups is 1. The summed E-state index contributed by atoms with van der Waals surface area (Å²) < 4.78 is 19.0. The predicted molar refractivity (Wildman–Crippen MR) is 93.6 cm³/mol. The molecule has 0 unspecified atom stereocenters. The third-order valence-electron chi connectivity index (χ3n) is 4.37. The molecule has 8 heteroatoms. The summed E-state index contributed by atoms with van der Waals surface area (Å²) in [4.78, 5) is 27.6. The molecule has 2 aliphatic heterocycles. The van der Waals surface area contributed by atoms with Crippen molar-refractivity contribution in [2.45, 2.75) is 6.04 Å². The number of morpholine rings is 1. The topological polar surface area (TPSA) is 61.9 Å². The molecule has 1 aromatic carbocycles. The smallest absolute Gasteiger partial charge is 0.239 e. The number of nitrogens with one attached hydrogen (secondary N) is 1. The van der Waals surface area contributed by atoms with Crippen molar-refractivity contribution in [1.29, 1.82) is 0 Å². The van der Waals surface area contributed by atoms with E-state index in [1.165, 1.54) is 23.9 Å². The van der Waals surface area contributed by atoms with E-state index >= 15 is 0 Å². The third kappa shape index (κ3) is 4.93. The molecule has 2 heterocycles. The minimum absolute atomic E-state index is 0.00462. The van der Waals surface area contributed by atoms with E-state index in [0.29, 0.717) is 31.4 Å². The van der Waals surface area contributed by atoms with Crippen molar-refractivity contribution in [3.63, 3.8) is 0 Å². The molecule has 1 atom stereocenters. The lowest BCUT2D eigenvalue weighted by Crippen LogP contribution is -2.45. The fourth-order valence-corrected chi connectivity index (χ4v) is 3.94. The van der Waals surface area contributed by atoms with Crippen molar-refractivity contribution in [3.05, 3.63) is 35.6 Å². The largest absolute Gasteiger partial charge is 0.379 e. The molecule has 0 spiro atoms. The maximum Gasteiger partial charge on any atom is 0.239 e. The maximum absolute atomic E-state index is 13.6. The van der Waals surface area contributed by atoms with Crippen molar-refractivity contribution in [2.75, 3.05) is 51.0 Å². The molecule has 2 fully saturated rings. The Kier molecular flexibility index (Phi) is 6.28. The molecule has 1 aromatic rings. The Morgan fingerprint density at radius 1 is 1.36 bits per heavy atom. The van der Waals surface area contributed by atoms with Crippen molar-refractivity contribution in [1.82, 2.24) is 15.1 Å². The second-order valence-electron chi connectivity index (χ2n) is 6.09.